The molecule has 0 atom stereocenters. The van der Waals surface area contributed by atoms with Crippen molar-refractivity contribution in [3.63, 3.8) is 0 Å². The summed E-state index contributed by atoms with van der Waals surface area (Å²) in [5.74, 6) is 0.211. The summed E-state index contributed by atoms with van der Waals surface area (Å²) < 4.78 is 5.70. The van der Waals surface area contributed by atoms with Crippen molar-refractivity contribution < 1.29 is 9.53 Å². The van der Waals surface area contributed by atoms with Crippen LogP contribution < -0.4 is 10.1 Å². The maximum Gasteiger partial charge on any atom is 0.253 e. The van der Waals surface area contributed by atoms with Gasteiger partial charge in [-0.05, 0) is 29.3 Å². The van der Waals surface area contributed by atoms with Crippen LogP contribution in [0.1, 0.15) is 21.5 Å². The Kier molecular flexibility index (Phi) is 6.10. The maximum atomic E-state index is 12.3. The first kappa shape index (κ1) is 18.2. The molecule has 2 aromatic carbocycles. The van der Waals surface area contributed by atoms with Crippen molar-refractivity contribution in [1.29, 1.82) is 0 Å². The molecule has 0 saturated heterocycles. The molecule has 0 bridgehead atoms. The SMILES string of the molecule is O=C(NCc1ccnc(OCc2ccccc2)c1)c1cccc(Cl)c1Cl. The van der Waals surface area contributed by atoms with Gasteiger partial charge in [-0.15, -0.1) is 0 Å². The first-order valence-corrected chi connectivity index (χ1v) is 8.73. The summed E-state index contributed by atoms with van der Waals surface area (Å²) in [4.78, 5) is 16.5. The number of rotatable bonds is 6. The van der Waals surface area contributed by atoms with Gasteiger partial charge in [-0.25, -0.2) is 4.98 Å². The average Bonchev–Trinajstić information content (AvgIpc) is 2.68. The van der Waals surface area contributed by atoms with Crippen molar-refractivity contribution in [2.45, 2.75) is 13.2 Å². The second-order valence-corrected chi connectivity index (χ2v) is 6.35. The Morgan fingerprint density at radius 2 is 1.81 bits per heavy atom. The number of benzene rings is 2. The predicted octanol–water partition coefficient (Wildman–Crippen LogP) is 4.90. The normalized spacial score (nSPS) is 10.4. The number of carbonyl (C=O) groups is 1. The summed E-state index contributed by atoms with van der Waals surface area (Å²) >= 11 is 12.0. The standard InChI is InChI=1S/C20H16Cl2N2O2/c21-17-8-4-7-16(19(17)22)20(25)24-12-15-9-10-23-18(11-15)26-13-14-5-2-1-3-6-14/h1-11H,12-13H2,(H,24,25). The van der Waals surface area contributed by atoms with Gasteiger partial charge >= 0.3 is 0 Å². The molecule has 4 nitrogen and oxygen atoms in total. The van der Waals surface area contributed by atoms with Crippen molar-refractivity contribution in [3.8, 4) is 5.88 Å². The van der Waals surface area contributed by atoms with E-state index < -0.39 is 0 Å². The van der Waals surface area contributed by atoms with Crippen LogP contribution in [0.15, 0.2) is 66.9 Å². The molecule has 0 spiro atoms. The molecule has 1 amide bonds. The van der Waals surface area contributed by atoms with Crippen molar-refractivity contribution in [1.82, 2.24) is 10.3 Å². The zero-order valence-corrected chi connectivity index (χ0v) is 15.3. The fraction of sp³-hybridized carbons (Fsp3) is 0.100. The highest BCUT2D eigenvalue weighted by atomic mass is 35.5. The van der Waals surface area contributed by atoms with Crippen LogP contribution in [0.5, 0.6) is 5.88 Å². The third kappa shape index (κ3) is 4.75. The van der Waals surface area contributed by atoms with Crippen LogP contribution in [0.25, 0.3) is 0 Å². The van der Waals surface area contributed by atoms with Crippen LogP contribution in [-0.4, -0.2) is 10.9 Å². The minimum absolute atomic E-state index is 0.244. The van der Waals surface area contributed by atoms with Gasteiger partial charge < -0.3 is 10.1 Å². The first-order chi connectivity index (χ1) is 12.6. The maximum absolute atomic E-state index is 12.3. The van der Waals surface area contributed by atoms with Gasteiger partial charge in [0.25, 0.3) is 5.91 Å². The van der Waals surface area contributed by atoms with Crippen LogP contribution in [-0.2, 0) is 13.2 Å². The molecular weight excluding hydrogens is 371 g/mol. The Balaban J connectivity index is 1.60. The fourth-order valence-corrected chi connectivity index (χ4v) is 2.71. The van der Waals surface area contributed by atoms with Gasteiger partial charge in [-0.2, -0.15) is 0 Å². The Morgan fingerprint density at radius 1 is 1.00 bits per heavy atom. The lowest BCUT2D eigenvalue weighted by Crippen LogP contribution is -2.23. The number of nitrogens with one attached hydrogen (secondary N) is 1. The number of amides is 1. The van der Waals surface area contributed by atoms with Crippen LogP contribution >= 0.6 is 23.2 Å². The number of hydrogen-bond donors (Lipinski definition) is 1. The van der Waals surface area contributed by atoms with E-state index in [0.29, 0.717) is 29.6 Å². The van der Waals surface area contributed by atoms with Gasteiger partial charge in [0, 0.05) is 18.8 Å². The summed E-state index contributed by atoms with van der Waals surface area (Å²) in [6.45, 7) is 0.758. The Labute approximate surface area is 161 Å². The minimum Gasteiger partial charge on any atom is -0.473 e. The molecule has 0 aliphatic heterocycles. The topological polar surface area (TPSA) is 51.2 Å². The second-order valence-electron chi connectivity index (χ2n) is 5.56. The molecule has 3 aromatic rings. The number of pyridine rings is 1. The van der Waals surface area contributed by atoms with Crippen molar-refractivity contribution >= 4 is 29.1 Å². The van der Waals surface area contributed by atoms with Gasteiger partial charge in [0.1, 0.15) is 6.61 Å². The number of aromatic nitrogens is 1. The highest BCUT2D eigenvalue weighted by molar-refractivity contribution is 6.43. The Hall–Kier alpha value is -2.56. The monoisotopic (exact) mass is 386 g/mol. The van der Waals surface area contributed by atoms with E-state index in [-0.39, 0.29) is 10.9 Å². The molecule has 0 unspecified atom stereocenters. The number of ether oxygens (including phenoxy) is 1. The zero-order valence-electron chi connectivity index (χ0n) is 13.8. The number of hydrogen-bond acceptors (Lipinski definition) is 3. The molecule has 6 heteroatoms. The van der Waals surface area contributed by atoms with E-state index in [1.165, 1.54) is 0 Å². The number of nitrogens with zero attached hydrogens (tertiary/aromatic N) is 1. The van der Waals surface area contributed by atoms with Crippen molar-refractivity contribution in [3.05, 3.63) is 93.6 Å². The molecule has 0 radical (unpaired) electrons. The molecule has 3 rings (SSSR count). The average molecular weight is 387 g/mol. The second kappa shape index (κ2) is 8.70. The molecule has 132 valence electrons. The third-order valence-electron chi connectivity index (χ3n) is 3.68. The molecule has 1 heterocycles. The highest BCUT2D eigenvalue weighted by Crippen LogP contribution is 2.25. The molecule has 0 aliphatic rings. The Morgan fingerprint density at radius 3 is 2.62 bits per heavy atom. The van der Waals surface area contributed by atoms with E-state index in [1.807, 2.05) is 36.4 Å². The van der Waals surface area contributed by atoms with Gasteiger partial charge in [-0.3, -0.25) is 4.79 Å². The lowest BCUT2D eigenvalue weighted by Gasteiger charge is -2.09. The van der Waals surface area contributed by atoms with E-state index in [1.54, 1.807) is 30.5 Å². The summed E-state index contributed by atoms with van der Waals surface area (Å²) in [5, 5.41) is 3.41. The summed E-state index contributed by atoms with van der Waals surface area (Å²) in [6.07, 6.45) is 1.65. The lowest BCUT2D eigenvalue weighted by molar-refractivity contribution is 0.0951. The van der Waals surface area contributed by atoms with Crippen LogP contribution in [0.3, 0.4) is 0 Å². The van der Waals surface area contributed by atoms with Gasteiger partial charge in [0.15, 0.2) is 0 Å². The van der Waals surface area contributed by atoms with Gasteiger partial charge in [0.2, 0.25) is 5.88 Å². The molecule has 1 N–H and O–H groups in total. The third-order valence-corrected chi connectivity index (χ3v) is 4.50. The molecule has 1 aromatic heterocycles. The van der Waals surface area contributed by atoms with Crippen molar-refractivity contribution in [2.24, 2.45) is 0 Å². The molecule has 0 fully saturated rings. The van der Waals surface area contributed by atoms with Gasteiger partial charge in [0.05, 0.1) is 15.6 Å². The van der Waals surface area contributed by atoms with E-state index in [4.69, 9.17) is 27.9 Å². The van der Waals surface area contributed by atoms with Gasteiger partial charge in [-0.1, -0.05) is 59.6 Å². The van der Waals surface area contributed by atoms with E-state index in [0.717, 1.165) is 11.1 Å². The lowest BCUT2D eigenvalue weighted by atomic mass is 10.2. The van der Waals surface area contributed by atoms with E-state index in [9.17, 15) is 4.79 Å². The fourth-order valence-electron chi connectivity index (χ4n) is 2.33. The number of carbonyl (C=O) groups excluding carboxylic acids is 1. The molecule has 26 heavy (non-hydrogen) atoms. The predicted molar refractivity (Wildman–Crippen MR) is 103 cm³/mol. The summed E-state index contributed by atoms with van der Waals surface area (Å²) in [6, 6.07) is 18.4. The molecule has 0 saturated carbocycles. The summed E-state index contributed by atoms with van der Waals surface area (Å²) in [5.41, 5.74) is 2.27. The smallest absolute Gasteiger partial charge is 0.253 e. The van der Waals surface area contributed by atoms with Crippen molar-refractivity contribution in [2.75, 3.05) is 0 Å². The van der Waals surface area contributed by atoms with E-state index in [2.05, 4.69) is 10.3 Å². The first-order valence-electron chi connectivity index (χ1n) is 7.97. The quantitative estimate of drug-likeness (QED) is 0.655. The molecule has 0 aliphatic carbocycles. The number of halogens is 2. The van der Waals surface area contributed by atoms with Crippen LogP contribution in [0.2, 0.25) is 10.0 Å². The zero-order chi connectivity index (χ0) is 18.4. The molecular formula is C20H16Cl2N2O2. The summed E-state index contributed by atoms with van der Waals surface area (Å²) in [7, 11) is 0. The largest absolute Gasteiger partial charge is 0.473 e. The van der Waals surface area contributed by atoms with Crippen LogP contribution in [0, 0.1) is 0 Å². The minimum atomic E-state index is -0.291. The highest BCUT2D eigenvalue weighted by Gasteiger charge is 2.12. The van der Waals surface area contributed by atoms with Crippen LogP contribution in [0.4, 0.5) is 0 Å². The van der Waals surface area contributed by atoms with E-state index >= 15 is 0 Å². The Bertz CT molecular complexity index is 901.